The number of nitrogens with zero attached hydrogens (tertiary/aromatic N) is 1. The maximum atomic E-state index is 10.0. The summed E-state index contributed by atoms with van der Waals surface area (Å²) in [5.74, 6) is 2.99. The third kappa shape index (κ3) is 6.60. The molecule has 7 heteroatoms. The molecule has 1 aromatic rings. The fourth-order valence-corrected chi connectivity index (χ4v) is 3.85. The van der Waals surface area contributed by atoms with E-state index in [0.717, 1.165) is 17.4 Å². The van der Waals surface area contributed by atoms with Crippen LogP contribution in [0.2, 0.25) is 0 Å². The van der Waals surface area contributed by atoms with E-state index in [2.05, 4.69) is 29.5 Å². The summed E-state index contributed by atoms with van der Waals surface area (Å²) >= 11 is 0. The molecule has 0 heterocycles. The summed E-state index contributed by atoms with van der Waals surface area (Å²) in [6, 6.07) is 3.95. The molecule has 0 amide bonds. The Bertz CT molecular complexity index is 608. The fourth-order valence-electron chi connectivity index (χ4n) is 3.85. The standard InChI is InChI=1S/C21H35N3O3.HI/c1-14(17-9-7-6-8-10-17)15(2)24-21(22-3)23-13-16-11-18(26-4)20(25)19(12-16)27-5;/h11-12,14-15,17,25H,6-10,13H2,1-5H3,(H2,22,23,24);1H. The molecule has 2 rings (SSSR count). The molecule has 1 aliphatic carbocycles. The van der Waals surface area contributed by atoms with Gasteiger partial charge in [-0.25, -0.2) is 0 Å². The Kier molecular flexibility index (Phi) is 10.8. The molecule has 0 bridgehead atoms. The smallest absolute Gasteiger partial charge is 0.200 e. The molecule has 0 aromatic heterocycles. The lowest BCUT2D eigenvalue weighted by Crippen LogP contribution is -2.46. The molecule has 0 aliphatic heterocycles. The number of rotatable bonds is 7. The summed E-state index contributed by atoms with van der Waals surface area (Å²) in [6.07, 6.45) is 6.78. The van der Waals surface area contributed by atoms with Crippen molar-refractivity contribution < 1.29 is 14.6 Å². The van der Waals surface area contributed by atoms with E-state index >= 15 is 0 Å². The molecule has 1 saturated carbocycles. The predicted octanol–water partition coefficient (Wildman–Crippen LogP) is 4.30. The van der Waals surface area contributed by atoms with Crippen molar-refractivity contribution in [2.24, 2.45) is 16.8 Å². The molecule has 1 aliphatic rings. The Morgan fingerprint density at radius 2 is 1.71 bits per heavy atom. The molecule has 160 valence electrons. The zero-order valence-corrected chi connectivity index (χ0v) is 20.1. The van der Waals surface area contributed by atoms with Gasteiger partial charge in [0.2, 0.25) is 5.75 Å². The Balaban J connectivity index is 0.00000392. The first-order valence-electron chi connectivity index (χ1n) is 9.91. The van der Waals surface area contributed by atoms with Gasteiger partial charge in [0, 0.05) is 19.6 Å². The SMILES string of the molecule is CN=C(NCc1cc(OC)c(O)c(OC)c1)NC(C)C(C)C1CCCCC1.I. The molecule has 3 N–H and O–H groups in total. The third-order valence-corrected chi connectivity index (χ3v) is 5.77. The number of benzene rings is 1. The van der Waals surface area contributed by atoms with Gasteiger partial charge in [-0.2, -0.15) is 0 Å². The highest BCUT2D eigenvalue weighted by molar-refractivity contribution is 14.0. The van der Waals surface area contributed by atoms with Gasteiger partial charge < -0.3 is 25.2 Å². The van der Waals surface area contributed by atoms with Crippen LogP contribution in [0.1, 0.15) is 51.5 Å². The summed E-state index contributed by atoms with van der Waals surface area (Å²) in [5, 5.41) is 16.9. The Morgan fingerprint density at radius 3 is 2.21 bits per heavy atom. The fraction of sp³-hybridized carbons (Fsp3) is 0.667. The number of halogens is 1. The van der Waals surface area contributed by atoms with Crippen LogP contribution in [0.5, 0.6) is 17.2 Å². The molecule has 0 saturated heterocycles. The van der Waals surface area contributed by atoms with Crippen molar-refractivity contribution >= 4 is 29.9 Å². The number of ether oxygens (including phenoxy) is 2. The number of phenols is 1. The van der Waals surface area contributed by atoms with Crippen LogP contribution in [0.25, 0.3) is 0 Å². The second-order valence-corrected chi connectivity index (χ2v) is 7.46. The number of methoxy groups -OCH3 is 2. The second kappa shape index (κ2) is 12.2. The van der Waals surface area contributed by atoms with Crippen LogP contribution >= 0.6 is 24.0 Å². The van der Waals surface area contributed by atoms with Crippen LogP contribution in [0.15, 0.2) is 17.1 Å². The first-order chi connectivity index (χ1) is 13.0. The summed E-state index contributed by atoms with van der Waals surface area (Å²) in [5.41, 5.74) is 0.942. The first-order valence-corrected chi connectivity index (χ1v) is 9.91. The lowest BCUT2D eigenvalue weighted by molar-refractivity contribution is 0.229. The van der Waals surface area contributed by atoms with Crippen LogP contribution < -0.4 is 20.1 Å². The van der Waals surface area contributed by atoms with Crippen molar-refractivity contribution in [2.75, 3.05) is 21.3 Å². The zero-order valence-electron chi connectivity index (χ0n) is 17.7. The monoisotopic (exact) mass is 505 g/mol. The Morgan fingerprint density at radius 1 is 1.14 bits per heavy atom. The summed E-state index contributed by atoms with van der Waals surface area (Å²) in [4.78, 5) is 4.36. The van der Waals surface area contributed by atoms with Crippen molar-refractivity contribution in [1.82, 2.24) is 10.6 Å². The van der Waals surface area contributed by atoms with E-state index < -0.39 is 0 Å². The van der Waals surface area contributed by atoms with Gasteiger partial charge in [0.15, 0.2) is 17.5 Å². The summed E-state index contributed by atoms with van der Waals surface area (Å²) < 4.78 is 10.4. The van der Waals surface area contributed by atoms with Gasteiger partial charge in [-0.15, -0.1) is 24.0 Å². The Hall–Kier alpha value is -1.38. The highest BCUT2D eigenvalue weighted by Crippen LogP contribution is 2.37. The highest BCUT2D eigenvalue weighted by atomic mass is 127. The number of hydrogen-bond acceptors (Lipinski definition) is 4. The molecular formula is C21H36IN3O3. The number of phenolic OH excluding ortho intramolecular Hbond substituents is 1. The molecule has 2 atom stereocenters. The quantitative estimate of drug-likeness (QED) is 0.293. The average Bonchev–Trinajstić information content (AvgIpc) is 2.71. The lowest BCUT2D eigenvalue weighted by Gasteiger charge is -2.32. The first kappa shape index (κ1) is 24.7. The van der Waals surface area contributed by atoms with Gasteiger partial charge >= 0.3 is 0 Å². The van der Waals surface area contributed by atoms with Crippen LogP contribution in [0.4, 0.5) is 0 Å². The van der Waals surface area contributed by atoms with Crippen molar-refractivity contribution in [3.05, 3.63) is 17.7 Å². The summed E-state index contributed by atoms with van der Waals surface area (Å²) in [7, 11) is 4.84. The van der Waals surface area contributed by atoms with Crippen molar-refractivity contribution in [3.8, 4) is 17.2 Å². The predicted molar refractivity (Wildman–Crippen MR) is 125 cm³/mol. The van der Waals surface area contributed by atoms with E-state index in [1.54, 1.807) is 19.2 Å². The maximum Gasteiger partial charge on any atom is 0.200 e. The minimum absolute atomic E-state index is 0. The van der Waals surface area contributed by atoms with E-state index in [9.17, 15) is 5.11 Å². The zero-order chi connectivity index (χ0) is 19.8. The number of guanidine groups is 1. The van der Waals surface area contributed by atoms with E-state index in [1.165, 1.54) is 46.3 Å². The van der Waals surface area contributed by atoms with Gasteiger partial charge in [0.25, 0.3) is 0 Å². The maximum absolute atomic E-state index is 10.0. The van der Waals surface area contributed by atoms with E-state index in [4.69, 9.17) is 9.47 Å². The molecule has 0 spiro atoms. The van der Waals surface area contributed by atoms with E-state index in [0.29, 0.717) is 30.0 Å². The molecule has 1 fully saturated rings. The van der Waals surface area contributed by atoms with Crippen LogP contribution in [-0.4, -0.2) is 38.4 Å². The van der Waals surface area contributed by atoms with Gasteiger partial charge in [0.05, 0.1) is 14.2 Å². The highest BCUT2D eigenvalue weighted by Gasteiger charge is 2.25. The van der Waals surface area contributed by atoms with Crippen molar-refractivity contribution in [1.29, 1.82) is 0 Å². The van der Waals surface area contributed by atoms with Crippen molar-refractivity contribution in [3.63, 3.8) is 0 Å². The Labute approximate surface area is 186 Å². The lowest BCUT2D eigenvalue weighted by atomic mass is 9.78. The van der Waals surface area contributed by atoms with E-state index in [-0.39, 0.29) is 29.7 Å². The van der Waals surface area contributed by atoms with Crippen LogP contribution in [-0.2, 0) is 6.54 Å². The normalized spacial score (nSPS) is 17.2. The molecule has 2 unspecified atom stereocenters. The molecule has 28 heavy (non-hydrogen) atoms. The number of hydrogen-bond donors (Lipinski definition) is 3. The minimum Gasteiger partial charge on any atom is -0.502 e. The largest absolute Gasteiger partial charge is 0.502 e. The second-order valence-electron chi connectivity index (χ2n) is 7.46. The van der Waals surface area contributed by atoms with Crippen molar-refractivity contribution in [2.45, 2.75) is 58.5 Å². The minimum atomic E-state index is 0. The third-order valence-electron chi connectivity index (χ3n) is 5.77. The van der Waals surface area contributed by atoms with Gasteiger partial charge in [-0.1, -0.05) is 39.0 Å². The number of nitrogens with one attached hydrogen (secondary N) is 2. The van der Waals surface area contributed by atoms with Gasteiger partial charge in [0.1, 0.15) is 0 Å². The van der Waals surface area contributed by atoms with Crippen LogP contribution in [0, 0.1) is 11.8 Å². The number of aliphatic imine (C=N–C) groups is 1. The molecule has 1 aromatic carbocycles. The number of aromatic hydroxyl groups is 1. The van der Waals surface area contributed by atoms with Gasteiger partial charge in [-0.3, -0.25) is 4.99 Å². The average molecular weight is 505 g/mol. The summed E-state index contributed by atoms with van der Waals surface area (Å²) in [6.45, 7) is 5.13. The molecular weight excluding hydrogens is 469 g/mol. The topological polar surface area (TPSA) is 75.1 Å². The van der Waals surface area contributed by atoms with E-state index in [1.807, 2.05) is 0 Å². The molecule has 6 nitrogen and oxygen atoms in total. The molecule has 0 radical (unpaired) electrons. The van der Waals surface area contributed by atoms with Gasteiger partial charge in [-0.05, 0) is 36.5 Å². The van der Waals surface area contributed by atoms with Crippen LogP contribution in [0.3, 0.4) is 0 Å².